The zero-order valence-corrected chi connectivity index (χ0v) is 31.2. The molecule has 0 aliphatic heterocycles. The summed E-state index contributed by atoms with van der Waals surface area (Å²) in [6.07, 6.45) is 11.0. The van der Waals surface area contributed by atoms with Gasteiger partial charge in [0, 0.05) is 5.56 Å². The number of phenols is 2. The average Bonchev–Trinajstić information content (AvgIpc) is 3.21. The maximum absolute atomic E-state index is 12.0. The van der Waals surface area contributed by atoms with Crippen molar-refractivity contribution in [1.29, 1.82) is 0 Å². The van der Waals surface area contributed by atoms with Crippen LogP contribution in [0.25, 0.3) is 24.3 Å². The summed E-state index contributed by atoms with van der Waals surface area (Å²) in [5, 5.41) is 46.7. The Hall–Kier alpha value is -6.60. The lowest BCUT2D eigenvalue weighted by Crippen LogP contribution is -2.02. The molecule has 5 N–H and O–H groups in total. The van der Waals surface area contributed by atoms with Gasteiger partial charge >= 0.3 is 0 Å². The molecule has 0 bridgehead atoms. The van der Waals surface area contributed by atoms with E-state index in [2.05, 4.69) is 0 Å². The lowest BCUT2D eigenvalue weighted by atomic mass is 10.0. The van der Waals surface area contributed by atoms with E-state index in [0.717, 1.165) is 5.56 Å². The van der Waals surface area contributed by atoms with Crippen molar-refractivity contribution in [2.75, 3.05) is 21.3 Å². The first-order valence-electron chi connectivity index (χ1n) is 17.1. The van der Waals surface area contributed by atoms with Crippen LogP contribution in [0.2, 0.25) is 0 Å². The molecule has 0 unspecified atom stereocenters. The highest BCUT2D eigenvalue weighted by molar-refractivity contribution is 6.11. The van der Waals surface area contributed by atoms with E-state index in [1.165, 1.54) is 62.8 Å². The van der Waals surface area contributed by atoms with E-state index in [0.29, 0.717) is 50.6 Å². The van der Waals surface area contributed by atoms with Crippen molar-refractivity contribution in [3.63, 3.8) is 0 Å². The maximum Gasteiger partial charge on any atom is 0.163 e. The van der Waals surface area contributed by atoms with E-state index in [1.807, 2.05) is 0 Å². The summed E-state index contributed by atoms with van der Waals surface area (Å²) in [6, 6.07) is 19.6. The minimum atomic E-state index is -0.369. The minimum absolute atomic E-state index is 0.000113. The van der Waals surface area contributed by atoms with Gasteiger partial charge < -0.3 is 39.7 Å². The standard InChI is InChI=1S/C23H24O6.C21H20O6/c1-28-22-10-6-17(12-23(22)29-2)5-9-21(27)13-20(26)8-4-16-3-7-18(14-24)19(11-16)15-25;1-27-21-11-15(5-9-20(21)26)3-7-18(24)12-17(23)6-2-14-4-8-19(25)16(10-14)13-22/h3-12,24-25H,13-15H2,1-2H3;2-11,22,25-26H,12-13H2,1H3/b8-4+,9-5+;6-2+,7-3+. The molecule has 0 spiro atoms. The summed E-state index contributed by atoms with van der Waals surface area (Å²) < 4.78 is 15.4. The van der Waals surface area contributed by atoms with E-state index in [9.17, 15) is 39.6 Å². The fourth-order valence-electron chi connectivity index (χ4n) is 4.98. The van der Waals surface area contributed by atoms with Crippen LogP contribution in [0.15, 0.2) is 97.1 Å². The predicted molar refractivity (Wildman–Crippen MR) is 212 cm³/mol. The number of aliphatic hydroxyl groups is 3. The van der Waals surface area contributed by atoms with E-state index in [4.69, 9.17) is 19.3 Å². The monoisotopic (exact) mass is 764 g/mol. The molecule has 292 valence electrons. The molecule has 0 heterocycles. The molecule has 0 atom stereocenters. The summed E-state index contributed by atoms with van der Waals surface area (Å²) in [7, 11) is 4.50. The van der Waals surface area contributed by atoms with Crippen LogP contribution in [0.3, 0.4) is 0 Å². The highest BCUT2D eigenvalue weighted by Crippen LogP contribution is 2.28. The number of aliphatic hydroxyl groups excluding tert-OH is 3. The summed E-state index contributed by atoms with van der Waals surface area (Å²) in [5.41, 5.74) is 4.31. The molecule has 4 aromatic rings. The van der Waals surface area contributed by atoms with Gasteiger partial charge in [0.1, 0.15) is 5.75 Å². The Morgan fingerprint density at radius 1 is 0.446 bits per heavy atom. The quantitative estimate of drug-likeness (QED) is 0.0605. The number of phenolic OH excluding ortho intramolecular Hbond substituents is 1. The lowest BCUT2D eigenvalue weighted by molar-refractivity contribution is -0.123. The van der Waals surface area contributed by atoms with Crippen LogP contribution in [0.1, 0.15) is 51.8 Å². The number of allylic oxidation sites excluding steroid dienone is 4. The van der Waals surface area contributed by atoms with Crippen LogP contribution >= 0.6 is 0 Å². The molecule has 0 amide bonds. The van der Waals surface area contributed by atoms with E-state index in [-0.39, 0.29) is 67.3 Å². The first kappa shape index (κ1) is 43.8. The Bertz CT molecular complexity index is 1980. The van der Waals surface area contributed by atoms with Crippen LogP contribution in [0.5, 0.6) is 28.7 Å². The summed E-state index contributed by atoms with van der Waals surface area (Å²) >= 11 is 0. The SMILES string of the molecule is COc1cc(/C=C/C(=O)CC(=O)/C=C/c2ccc(O)c(CO)c2)ccc1O.COc1ccc(/C=C/C(=O)CC(=O)/C=C/c2ccc(CO)c(CO)c2)cc1OC. The van der Waals surface area contributed by atoms with Gasteiger partial charge in [0.15, 0.2) is 46.1 Å². The van der Waals surface area contributed by atoms with Crippen LogP contribution < -0.4 is 14.2 Å². The van der Waals surface area contributed by atoms with Crippen LogP contribution in [0, 0.1) is 0 Å². The second-order valence-corrected chi connectivity index (χ2v) is 12.0. The minimum Gasteiger partial charge on any atom is -0.508 e. The molecule has 0 fully saturated rings. The van der Waals surface area contributed by atoms with Crippen molar-refractivity contribution in [3.8, 4) is 28.7 Å². The van der Waals surface area contributed by atoms with Crippen LogP contribution in [-0.2, 0) is 39.0 Å². The molecule has 0 aliphatic carbocycles. The van der Waals surface area contributed by atoms with Crippen molar-refractivity contribution >= 4 is 47.4 Å². The molecular formula is C44H44O12. The largest absolute Gasteiger partial charge is 0.508 e. The van der Waals surface area contributed by atoms with E-state index in [1.54, 1.807) is 79.9 Å². The average molecular weight is 765 g/mol. The van der Waals surface area contributed by atoms with Gasteiger partial charge in [0.05, 0.1) is 54.0 Å². The predicted octanol–water partition coefficient (Wildman–Crippen LogP) is 5.80. The number of ether oxygens (including phenoxy) is 3. The maximum atomic E-state index is 12.0. The van der Waals surface area contributed by atoms with Gasteiger partial charge in [-0.05, 0) is 100 Å². The third-order valence-electron chi connectivity index (χ3n) is 8.00. The molecule has 12 heteroatoms. The molecule has 12 nitrogen and oxygen atoms in total. The number of rotatable bonds is 18. The second-order valence-electron chi connectivity index (χ2n) is 12.0. The van der Waals surface area contributed by atoms with Crippen molar-refractivity contribution < 1.29 is 58.9 Å². The van der Waals surface area contributed by atoms with Crippen LogP contribution in [0.4, 0.5) is 0 Å². The highest BCUT2D eigenvalue weighted by atomic mass is 16.5. The fraction of sp³-hybridized carbons (Fsp3) is 0.182. The number of carbonyl (C=O) groups is 4. The summed E-state index contributed by atoms with van der Waals surface area (Å²) in [4.78, 5) is 47.9. The van der Waals surface area contributed by atoms with Gasteiger partial charge in [-0.25, -0.2) is 0 Å². The molecule has 0 radical (unpaired) electrons. The summed E-state index contributed by atoms with van der Waals surface area (Å²) in [5.74, 6) is 0.0323. The third-order valence-corrected chi connectivity index (χ3v) is 8.00. The normalized spacial score (nSPS) is 11.2. The number of hydrogen-bond donors (Lipinski definition) is 5. The second kappa shape index (κ2) is 22.6. The molecule has 4 aromatic carbocycles. The highest BCUT2D eigenvalue weighted by Gasteiger charge is 2.08. The lowest BCUT2D eigenvalue weighted by Gasteiger charge is -2.07. The Morgan fingerprint density at radius 3 is 1.27 bits per heavy atom. The molecule has 0 aliphatic rings. The Morgan fingerprint density at radius 2 is 0.821 bits per heavy atom. The van der Waals surface area contributed by atoms with Gasteiger partial charge in [0.25, 0.3) is 0 Å². The van der Waals surface area contributed by atoms with Gasteiger partial charge in [-0.2, -0.15) is 0 Å². The number of carbonyl (C=O) groups excluding carboxylic acids is 4. The van der Waals surface area contributed by atoms with Gasteiger partial charge in [0.2, 0.25) is 0 Å². The van der Waals surface area contributed by atoms with Gasteiger partial charge in [-0.15, -0.1) is 0 Å². The van der Waals surface area contributed by atoms with E-state index < -0.39 is 0 Å². The Balaban J connectivity index is 0.000000301. The van der Waals surface area contributed by atoms with Crippen molar-refractivity contribution in [2.45, 2.75) is 32.7 Å². The van der Waals surface area contributed by atoms with Gasteiger partial charge in [-0.3, -0.25) is 19.2 Å². The van der Waals surface area contributed by atoms with Crippen LogP contribution in [-0.4, -0.2) is 70.0 Å². The third kappa shape index (κ3) is 14.0. The van der Waals surface area contributed by atoms with Gasteiger partial charge in [-0.1, -0.05) is 54.6 Å². The molecule has 0 saturated carbocycles. The molecule has 56 heavy (non-hydrogen) atoms. The number of ketones is 4. The topological polar surface area (TPSA) is 197 Å². The number of hydrogen-bond acceptors (Lipinski definition) is 12. The zero-order valence-electron chi connectivity index (χ0n) is 31.2. The Labute approximate surface area is 324 Å². The molecular weight excluding hydrogens is 720 g/mol. The first-order chi connectivity index (χ1) is 26.9. The zero-order chi connectivity index (χ0) is 41.0. The Kier molecular flexibility index (Phi) is 17.7. The van der Waals surface area contributed by atoms with Crippen molar-refractivity contribution in [3.05, 3.63) is 136 Å². The van der Waals surface area contributed by atoms with Crippen molar-refractivity contribution in [1.82, 2.24) is 0 Å². The smallest absolute Gasteiger partial charge is 0.163 e. The molecule has 4 rings (SSSR count). The number of methoxy groups -OCH3 is 3. The number of benzene rings is 4. The fourth-order valence-corrected chi connectivity index (χ4v) is 4.98. The van der Waals surface area contributed by atoms with Crippen molar-refractivity contribution in [2.24, 2.45) is 0 Å². The molecule has 0 saturated heterocycles. The summed E-state index contributed by atoms with van der Waals surface area (Å²) in [6.45, 7) is -0.683. The molecule has 0 aromatic heterocycles. The number of aromatic hydroxyl groups is 2. The van der Waals surface area contributed by atoms with E-state index >= 15 is 0 Å². The first-order valence-corrected chi connectivity index (χ1v) is 17.1.